The largest absolute Gasteiger partial charge is 0.419 e. The molecule has 0 aromatic heterocycles. The molecule has 1 fully saturated rings. The first-order valence-electron chi connectivity index (χ1n) is 8.80. The van der Waals surface area contributed by atoms with Gasteiger partial charge in [0.25, 0.3) is 0 Å². The Hall–Kier alpha value is -2.41. The summed E-state index contributed by atoms with van der Waals surface area (Å²) in [4.78, 5) is 0. The van der Waals surface area contributed by atoms with Gasteiger partial charge in [0, 0.05) is 6.54 Å². The summed E-state index contributed by atoms with van der Waals surface area (Å²) in [5.74, 6) is 0.479. The Morgan fingerprint density at radius 2 is 1.74 bits per heavy atom. The van der Waals surface area contributed by atoms with Gasteiger partial charge in [-0.3, -0.25) is 0 Å². The van der Waals surface area contributed by atoms with Gasteiger partial charge in [-0.05, 0) is 55.4 Å². The molecule has 0 bridgehead atoms. The van der Waals surface area contributed by atoms with E-state index in [9.17, 15) is 18.3 Å². The Balaban J connectivity index is 2.07. The van der Waals surface area contributed by atoms with Crippen molar-refractivity contribution in [3.63, 3.8) is 0 Å². The average molecular weight is 377 g/mol. The van der Waals surface area contributed by atoms with Gasteiger partial charge in [0.15, 0.2) is 0 Å². The first-order chi connectivity index (χ1) is 12.6. The average Bonchev–Trinajstić information content (AvgIpc) is 3.42. The number of alkyl halides is 3. The third kappa shape index (κ3) is 4.30. The summed E-state index contributed by atoms with van der Waals surface area (Å²) < 4.78 is 41.5. The van der Waals surface area contributed by atoms with Crippen molar-refractivity contribution in [1.29, 1.82) is 5.53 Å². The highest BCUT2D eigenvalue weighted by Gasteiger charge is 2.38. The van der Waals surface area contributed by atoms with Crippen LogP contribution in [0.2, 0.25) is 0 Å². The fourth-order valence-electron chi connectivity index (χ4n) is 3.01. The number of benzene rings is 2. The zero-order valence-electron chi connectivity index (χ0n) is 15.2. The summed E-state index contributed by atoms with van der Waals surface area (Å²) in [5.41, 5.74) is 6.08. The molecule has 3 N–H and O–H groups in total. The molecule has 7 heteroatoms. The zero-order valence-corrected chi connectivity index (χ0v) is 15.2. The molecule has 0 unspecified atom stereocenters. The summed E-state index contributed by atoms with van der Waals surface area (Å²) in [6, 6.07) is 9.25. The lowest BCUT2D eigenvalue weighted by Gasteiger charge is -2.20. The number of hydrogen-bond donors (Lipinski definition) is 3. The summed E-state index contributed by atoms with van der Waals surface area (Å²) in [6.07, 6.45) is -2.52. The Bertz CT molecular complexity index is 835. The fraction of sp³-hybridized carbons (Fsp3) is 0.400. The minimum atomic E-state index is -4.65. The van der Waals surface area contributed by atoms with Crippen molar-refractivity contribution in [2.75, 3.05) is 11.9 Å². The lowest BCUT2D eigenvalue weighted by molar-refractivity contribution is -0.136. The van der Waals surface area contributed by atoms with Crippen molar-refractivity contribution in [2.24, 2.45) is 11.0 Å². The smallest absolute Gasteiger partial charge is 0.386 e. The fourth-order valence-corrected chi connectivity index (χ4v) is 3.01. The molecule has 1 aliphatic rings. The third-order valence-electron chi connectivity index (χ3n) is 4.75. The van der Waals surface area contributed by atoms with Gasteiger partial charge in [-0.25, -0.2) is 5.53 Å². The molecule has 4 nitrogen and oxygen atoms in total. The molecule has 2 aromatic carbocycles. The van der Waals surface area contributed by atoms with Crippen LogP contribution in [-0.2, 0) is 11.8 Å². The van der Waals surface area contributed by atoms with Gasteiger partial charge in [0.1, 0.15) is 5.69 Å². The summed E-state index contributed by atoms with van der Waals surface area (Å²) in [6.45, 7) is 3.81. The Morgan fingerprint density at radius 3 is 2.22 bits per heavy atom. The molecule has 144 valence electrons. The van der Waals surface area contributed by atoms with E-state index in [-0.39, 0.29) is 11.3 Å². The van der Waals surface area contributed by atoms with Crippen LogP contribution < -0.4 is 5.32 Å². The van der Waals surface area contributed by atoms with Crippen LogP contribution in [0.1, 0.15) is 37.8 Å². The molecule has 0 heterocycles. The van der Waals surface area contributed by atoms with Crippen molar-refractivity contribution in [3.8, 4) is 11.1 Å². The van der Waals surface area contributed by atoms with E-state index in [0.29, 0.717) is 23.6 Å². The molecule has 27 heavy (non-hydrogen) atoms. The van der Waals surface area contributed by atoms with Crippen LogP contribution in [0.5, 0.6) is 0 Å². The SMILES string of the molecule is CC(C)(O)c1ccc(-c2ccc(NCC3CC3)c(N=N)c2C(F)(F)F)cc1. The van der Waals surface area contributed by atoms with Gasteiger partial charge in [0.2, 0.25) is 0 Å². The molecular weight excluding hydrogens is 355 g/mol. The van der Waals surface area contributed by atoms with E-state index in [0.717, 1.165) is 12.8 Å². The molecule has 2 aromatic rings. The molecule has 3 rings (SSSR count). The highest BCUT2D eigenvalue weighted by molar-refractivity contribution is 5.81. The topological polar surface area (TPSA) is 68.5 Å². The molecule has 0 amide bonds. The Labute approximate surface area is 155 Å². The number of nitrogens with zero attached hydrogens (tertiary/aromatic N) is 1. The number of nitrogens with one attached hydrogen (secondary N) is 2. The van der Waals surface area contributed by atoms with Crippen molar-refractivity contribution in [2.45, 2.75) is 38.5 Å². The van der Waals surface area contributed by atoms with E-state index in [4.69, 9.17) is 5.53 Å². The quantitative estimate of drug-likeness (QED) is 0.534. The van der Waals surface area contributed by atoms with Crippen LogP contribution >= 0.6 is 0 Å². The summed E-state index contributed by atoms with van der Waals surface area (Å²) in [5, 5.41) is 16.2. The first kappa shape index (κ1) is 19.4. The molecule has 0 radical (unpaired) electrons. The maximum Gasteiger partial charge on any atom is 0.419 e. The Kier molecular flexibility index (Phi) is 4.99. The molecule has 0 atom stereocenters. The van der Waals surface area contributed by atoms with Crippen LogP contribution in [0.15, 0.2) is 41.5 Å². The molecular formula is C20H22F3N3O. The molecule has 0 saturated heterocycles. The van der Waals surface area contributed by atoms with E-state index in [1.54, 1.807) is 44.2 Å². The summed E-state index contributed by atoms with van der Waals surface area (Å²) in [7, 11) is 0. The number of aliphatic hydroxyl groups is 1. The van der Waals surface area contributed by atoms with Gasteiger partial charge < -0.3 is 10.4 Å². The van der Waals surface area contributed by atoms with Gasteiger partial charge in [-0.2, -0.15) is 18.3 Å². The molecule has 1 aliphatic carbocycles. The van der Waals surface area contributed by atoms with Crippen molar-refractivity contribution < 1.29 is 18.3 Å². The van der Waals surface area contributed by atoms with Crippen LogP contribution in [0.3, 0.4) is 0 Å². The second-order valence-corrected chi connectivity index (χ2v) is 7.45. The van der Waals surface area contributed by atoms with E-state index >= 15 is 0 Å². The summed E-state index contributed by atoms with van der Waals surface area (Å²) >= 11 is 0. The van der Waals surface area contributed by atoms with Gasteiger partial charge in [-0.15, -0.1) is 0 Å². The second-order valence-electron chi connectivity index (χ2n) is 7.45. The monoisotopic (exact) mass is 377 g/mol. The minimum absolute atomic E-state index is 0.0345. The molecule has 0 spiro atoms. The van der Waals surface area contributed by atoms with E-state index in [1.165, 1.54) is 6.07 Å². The van der Waals surface area contributed by atoms with Crippen molar-refractivity contribution in [1.82, 2.24) is 0 Å². The van der Waals surface area contributed by atoms with E-state index < -0.39 is 23.0 Å². The standard InChI is InChI=1S/C20H22F3N3O/c1-19(2,27)14-7-5-13(6-8-14)15-9-10-16(25-11-12-3-4-12)18(26-24)17(15)20(21,22)23/h5-10,12,24-25,27H,3-4,11H2,1-2H3. The first-order valence-corrected chi connectivity index (χ1v) is 8.80. The predicted molar refractivity (Wildman–Crippen MR) is 98.1 cm³/mol. The lowest BCUT2D eigenvalue weighted by atomic mass is 9.92. The van der Waals surface area contributed by atoms with Crippen LogP contribution in [0.4, 0.5) is 24.5 Å². The minimum Gasteiger partial charge on any atom is -0.386 e. The number of rotatable bonds is 6. The molecule has 1 saturated carbocycles. The third-order valence-corrected chi connectivity index (χ3v) is 4.75. The van der Waals surface area contributed by atoms with E-state index in [1.807, 2.05) is 0 Å². The second kappa shape index (κ2) is 6.96. The number of anilines is 1. The maximum absolute atomic E-state index is 13.8. The van der Waals surface area contributed by atoms with Crippen molar-refractivity contribution in [3.05, 3.63) is 47.5 Å². The number of halogens is 3. The zero-order chi connectivity index (χ0) is 19.8. The van der Waals surface area contributed by atoms with Crippen LogP contribution in [0.25, 0.3) is 11.1 Å². The Morgan fingerprint density at radius 1 is 1.11 bits per heavy atom. The normalized spacial score (nSPS) is 14.9. The van der Waals surface area contributed by atoms with Gasteiger partial charge >= 0.3 is 6.18 Å². The van der Waals surface area contributed by atoms with Crippen LogP contribution in [-0.4, -0.2) is 11.7 Å². The highest BCUT2D eigenvalue weighted by Crippen LogP contribution is 2.46. The van der Waals surface area contributed by atoms with Crippen molar-refractivity contribution >= 4 is 11.4 Å². The van der Waals surface area contributed by atoms with Gasteiger partial charge in [-0.1, -0.05) is 30.3 Å². The lowest BCUT2D eigenvalue weighted by Crippen LogP contribution is -2.15. The van der Waals surface area contributed by atoms with Crippen LogP contribution in [0, 0.1) is 11.4 Å². The molecule has 0 aliphatic heterocycles. The predicted octanol–water partition coefficient (Wildman–Crippen LogP) is 6.08. The maximum atomic E-state index is 13.8. The van der Waals surface area contributed by atoms with Gasteiger partial charge in [0.05, 0.1) is 16.9 Å². The number of hydrogen-bond acceptors (Lipinski definition) is 4. The highest BCUT2D eigenvalue weighted by atomic mass is 19.4. The van der Waals surface area contributed by atoms with E-state index in [2.05, 4.69) is 10.4 Å².